The van der Waals surface area contributed by atoms with E-state index >= 15 is 4.39 Å². The van der Waals surface area contributed by atoms with Gasteiger partial charge in [-0.3, -0.25) is 14.3 Å². The summed E-state index contributed by atoms with van der Waals surface area (Å²) >= 11 is 0. The number of alkyl halides is 3. The van der Waals surface area contributed by atoms with E-state index < -0.39 is 46.7 Å². The maximum absolute atomic E-state index is 15.3. The Kier molecular flexibility index (Phi) is 6.18. The van der Waals surface area contributed by atoms with E-state index in [1.54, 1.807) is 36.5 Å². The minimum Gasteiger partial charge on any atom is -0.480 e. The first kappa shape index (κ1) is 24.5. The number of carbonyl (C=O) groups is 1. The van der Waals surface area contributed by atoms with E-state index in [2.05, 4.69) is 15.4 Å². The molecular formula is C25H21F4N5O3. The summed E-state index contributed by atoms with van der Waals surface area (Å²) in [5.74, 6) is -2.01. The van der Waals surface area contributed by atoms with Gasteiger partial charge in [-0.05, 0) is 50.1 Å². The first-order valence-electron chi connectivity index (χ1n) is 11.5. The number of pyridine rings is 1. The number of anilines is 1. The third kappa shape index (κ3) is 4.66. The Morgan fingerprint density at radius 1 is 1.16 bits per heavy atom. The van der Waals surface area contributed by atoms with Gasteiger partial charge >= 0.3 is 11.9 Å². The van der Waals surface area contributed by atoms with Crippen LogP contribution < -0.4 is 15.7 Å². The number of ether oxygens (including phenoxy) is 1. The molecule has 1 atom stereocenters. The second-order valence-corrected chi connectivity index (χ2v) is 8.65. The van der Waals surface area contributed by atoms with Gasteiger partial charge in [0.25, 0.3) is 5.91 Å². The number of hydrogen-bond acceptors (Lipinski definition) is 5. The summed E-state index contributed by atoms with van der Waals surface area (Å²) in [6.45, 7) is 1.17. The molecule has 0 fully saturated rings. The Bertz CT molecular complexity index is 1560. The van der Waals surface area contributed by atoms with Gasteiger partial charge in [-0.2, -0.15) is 17.9 Å². The second-order valence-electron chi connectivity index (χ2n) is 8.65. The Hall–Kier alpha value is -4.22. The molecule has 8 nitrogen and oxygen atoms in total. The van der Waals surface area contributed by atoms with E-state index in [0.717, 1.165) is 36.6 Å². The van der Waals surface area contributed by atoms with Crippen molar-refractivity contribution in [1.29, 1.82) is 0 Å². The number of aromatic nitrogens is 4. The van der Waals surface area contributed by atoms with Crippen molar-refractivity contribution >= 4 is 22.5 Å². The molecule has 2 aromatic carbocycles. The molecule has 0 aliphatic carbocycles. The van der Waals surface area contributed by atoms with Crippen LogP contribution in [0, 0.1) is 5.82 Å². The molecule has 4 aromatic rings. The van der Waals surface area contributed by atoms with E-state index in [4.69, 9.17) is 4.74 Å². The zero-order valence-electron chi connectivity index (χ0n) is 19.6. The van der Waals surface area contributed by atoms with Gasteiger partial charge in [0.2, 0.25) is 0 Å². The maximum atomic E-state index is 15.3. The van der Waals surface area contributed by atoms with Crippen LogP contribution in [0.15, 0.2) is 53.5 Å². The van der Waals surface area contributed by atoms with Gasteiger partial charge in [0.1, 0.15) is 23.1 Å². The highest BCUT2D eigenvalue weighted by Crippen LogP contribution is 2.32. The van der Waals surface area contributed by atoms with Crippen LogP contribution in [0.5, 0.6) is 5.75 Å². The lowest BCUT2D eigenvalue weighted by Gasteiger charge is -2.20. The minimum atomic E-state index is -4.76. The summed E-state index contributed by atoms with van der Waals surface area (Å²) in [5.41, 5.74) is -0.610. The fourth-order valence-corrected chi connectivity index (χ4v) is 4.20. The van der Waals surface area contributed by atoms with Crippen molar-refractivity contribution in [2.75, 3.05) is 5.32 Å². The summed E-state index contributed by atoms with van der Waals surface area (Å²) in [7, 11) is 0. The smallest absolute Gasteiger partial charge is 0.425 e. The van der Waals surface area contributed by atoms with Gasteiger partial charge in [0, 0.05) is 30.6 Å². The van der Waals surface area contributed by atoms with Crippen molar-refractivity contribution in [3.05, 3.63) is 76.4 Å². The SMILES string of the molecule is CC(Oc1cc(-n2nc3n(c2=O)CCCC3)c(F)cc1C(=O)Nc1cccc2ncccc12)C(F)(F)F. The number of fused-ring (bicyclic) bond motifs is 2. The molecule has 2 aromatic heterocycles. The van der Waals surface area contributed by atoms with Crippen LogP contribution >= 0.6 is 0 Å². The largest absolute Gasteiger partial charge is 0.480 e. The van der Waals surface area contributed by atoms with Crippen LogP contribution in [-0.4, -0.2) is 37.5 Å². The molecule has 0 saturated carbocycles. The molecule has 192 valence electrons. The lowest BCUT2D eigenvalue weighted by molar-refractivity contribution is -0.189. The average molecular weight is 515 g/mol. The van der Waals surface area contributed by atoms with Crippen LogP contribution in [0.2, 0.25) is 0 Å². The molecule has 1 aliphatic heterocycles. The van der Waals surface area contributed by atoms with Crippen molar-refractivity contribution in [3.63, 3.8) is 0 Å². The molecule has 5 rings (SSSR count). The number of carbonyl (C=O) groups excluding carboxylic acids is 1. The first-order chi connectivity index (χ1) is 17.6. The number of halogens is 4. The predicted molar refractivity (Wildman–Crippen MR) is 127 cm³/mol. The van der Waals surface area contributed by atoms with Gasteiger partial charge in [0.05, 0.1) is 16.8 Å². The summed E-state index contributed by atoms with van der Waals surface area (Å²) < 4.78 is 62.6. The molecule has 12 heteroatoms. The van der Waals surface area contributed by atoms with Gasteiger partial charge in [0.15, 0.2) is 6.10 Å². The predicted octanol–water partition coefficient (Wildman–Crippen LogP) is 4.64. The highest BCUT2D eigenvalue weighted by Gasteiger charge is 2.39. The molecule has 37 heavy (non-hydrogen) atoms. The van der Waals surface area contributed by atoms with Crippen LogP contribution in [0.25, 0.3) is 16.6 Å². The van der Waals surface area contributed by atoms with E-state index in [-0.39, 0.29) is 0 Å². The number of amides is 1. The molecular weight excluding hydrogens is 494 g/mol. The van der Waals surface area contributed by atoms with Crippen molar-refractivity contribution < 1.29 is 27.1 Å². The molecule has 1 aliphatic rings. The number of nitrogens with zero attached hydrogens (tertiary/aromatic N) is 4. The Morgan fingerprint density at radius 2 is 1.97 bits per heavy atom. The number of hydrogen-bond donors (Lipinski definition) is 1. The van der Waals surface area contributed by atoms with E-state index in [1.807, 2.05) is 0 Å². The number of benzene rings is 2. The van der Waals surface area contributed by atoms with Gasteiger partial charge in [-0.1, -0.05) is 6.07 Å². The highest BCUT2D eigenvalue weighted by atomic mass is 19.4. The molecule has 0 radical (unpaired) electrons. The lowest BCUT2D eigenvalue weighted by atomic mass is 10.1. The normalized spacial score (nSPS) is 14.3. The van der Waals surface area contributed by atoms with Crippen molar-refractivity contribution in [3.8, 4) is 11.4 Å². The molecule has 1 N–H and O–H groups in total. The highest BCUT2D eigenvalue weighted by molar-refractivity contribution is 6.10. The zero-order valence-corrected chi connectivity index (χ0v) is 19.6. The van der Waals surface area contributed by atoms with Crippen LogP contribution in [-0.2, 0) is 13.0 Å². The van der Waals surface area contributed by atoms with Crippen LogP contribution in [0.3, 0.4) is 0 Å². The van der Waals surface area contributed by atoms with Gasteiger partial charge in [-0.15, -0.1) is 5.10 Å². The van der Waals surface area contributed by atoms with E-state index in [0.29, 0.717) is 35.4 Å². The Balaban J connectivity index is 1.59. The molecule has 1 amide bonds. The van der Waals surface area contributed by atoms with Crippen LogP contribution in [0.4, 0.5) is 23.2 Å². The fourth-order valence-electron chi connectivity index (χ4n) is 4.20. The van der Waals surface area contributed by atoms with Gasteiger partial charge in [-0.25, -0.2) is 9.18 Å². The molecule has 3 heterocycles. The van der Waals surface area contributed by atoms with E-state index in [9.17, 15) is 22.8 Å². The van der Waals surface area contributed by atoms with Crippen LogP contribution in [0.1, 0.15) is 35.9 Å². The monoisotopic (exact) mass is 515 g/mol. The lowest BCUT2D eigenvalue weighted by Crippen LogP contribution is -2.32. The maximum Gasteiger partial charge on any atom is 0.425 e. The summed E-state index contributed by atoms with van der Waals surface area (Å²) in [5, 5.41) is 7.35. The summed E-state index contributed by atoms with van der Waals surface area (Å²) in [6, 6.07) is 9.97. The van der Waals surface area contributed by atoms with Crippen molar-refractivity contribution in [2.24, 2.45) is 0 Å². The molecule has 0 saturated heterocycles. The zero-order chi connectivity index (χ0) is 26.3. The quantitative estimate of drug-likeness (QED) is 0.391. The average Bonchev–Trinajstić information content (AvgIpc) is 3.20. The van der Waals surface area contributed by atoms with Crippen molar-refractivity contribution in [2.45, 2.75) is 45.0 Å². The third-order valence-electron chi connectivity index (χ3n) is 6.15. The van der Waals surface area contributed by atoms with E-state index in [1.165, 1.54) is 4.57 Å². The second kappa shape index (κ2) is 9.34. The fraction of sp³-hybridized carbons (Fsp3) is 0.280. The van der Waals surface area contributed by atoms with Gasteiger partial charge < -0.3 is 10.1 Å². The Labute approximate surface area is 207 Å². The number of nitrogens with one attached hydrogen (secondary N) is 1. The number of aryl methyl sites for hydroxylation is 1. The topological polar surface area (TPSA) is 91.0 Å². The molecule has 0 spiro atoms. The summed E-state index contributed by atoms with van der Waals surface area (Å²) in [4.78, 5) is 30.2. The van der Waals surface area contributed by atoms with Crippen molar-refractivity contribution in [1.82, 2.24) is 19.3 Å². The molecule has 1 unspecified atom stereocenters. The minimum absolute atomic E-state index is 0.327. The first-order valence-corrected chi connectivity index (χ1v) is 11.5. The Morgan fingerprint density at radius 3 is 2.73 bits per heavy atom. The number of rotatable bonds is 5. The summed E-state index contributed by atoms with van der Waals surface area (Å²) in [6.07, 6.45) is -3.43. The standard InChI is InChI=1S/C25H21F4N5O3/c1-14(25(27,28)29)37-21-13-20(34-24(36)33-11-3-2-9-22(33)32-34)17(26)12-16(21)23(35)31-19-8-4-7-18-15(19)6-5-10-30-18/h4-8,10,12-14H,2-3,9,11H2,1H3,(H,31,35). The third-order valence-corrected chi connectivity index (χ3v) is 6.15. The molecule has 0 bridgehead atoms.